The van der Waals surface area contributed by atoms with Crippen LogP contribution in [0.15, 0.2) is 30.3 Å². The number of carbonyl (C=O) groups is 1. The zero-order chi connectivity index (χ0) is 18.5. The van der Waals surface area contributed by atoms with Crippen molar-refractivity contribution in [3.05, 3.63) is 52.3 Å². The minimum Gasteiger partial charge on any atom is -0.354 e. The van der Waals surface area contributed by atoms with E-state index in [1.807, 2.05) is 36.1 Å². The Balaban J connectivity index is 1.63. The second-order valence-corrected chi connectivity index (χ2v) is 7.46. The molecule has 1 aromatic carbocycles. The van der Waals surface area contributed by atoms with Gasteiger partial charge in [-0.25, -0.2) is 9.97 Å². The lowest BCUT2D eigenvalue weighted by Gasteiger charge is -2.30. The molecule has 1 aliphatic heterocycles. The lowest BCUT2D eigenvalue weighted by Crippen LogP contribution is -2.39. The van der Waals surface area contributed by atoms with E-state index in [9.17, 15) is 4.79 Å². The van der Waals surface area contributed by atoms with Crippen LogP contribution in [0.5, 0.6) is 0 Å². The molecule has 1 saturated heterocycles. The highest BCUT2D eigenvalue weighted by Crippen LogP contribution is 2.18. The highest BCUT2D eigenvalue weighted by atomic mass is 35.5. The summed E-state index contributed by atoms with van der Waals surface area (Å²) < 4.78 is 0. The van der Waals surface area contributed by atoms with Gasteiger partial charge in [0.25, 0.3) is 5.91 Å². The van der Waals surface area contributed by atoms with Crippen molar-refractivity contribution < 1.29 is 4.79 Å². The van der Waals surface area contributed by atoms with Gasteiger partial charge in [0.05, 0.1) is 0 Å². The molecular formula is C20H25ClN4O. The predicted molar refractivity (Wildman–Crippen MR) is 105 cm³/mol. The Kier molecular flexibility index (Phi) is 6.09. The Bertz CT molecular complexity index is 763. The highest BCUT2D eigenvalue weighted by Gasteiger charge is 2.23. The number of piperidine rings is 1. The molecule has 0 spiro atoms. The summed E-state index contributed by atoms with van der Waals surface area (Å²) in [6.45, 7) is 6.39. The molecule has 5 nitrogen and oxygen atoms in total. The highest BCUT2D eigenvalue weighted by molar-refractivity contribution is 6.30. The van der Waals surface area contributed by atoms with Gasteiger partial charge in [0.2, 0.25) is 5.95 Å². The molecule has 0 saturated carbocycles. The molecule has 1 amide bonds. The van der Waals surface area contributed by atoms with E-state index in [1.54, 1.807) is 6.07 Å². The first-order valence-corrected chi connectivity index (χ1v) is 9.52. The van der Waals surface area contributed by atoms with Crippen molar-refractivity contribution in [1.29, 1.82) is 0 Å². The average molecular weight is 373 g/mol. The Morgan fingerprint density at radius 3 is 2.81 bits per heavy atom. The SMILES string of the molecule is Cc1cc(C(=O)N2CCCC(C)C2)nc(NCCc2ccc(Cl)cc2)n1. The first-order chi connectivity index (χ1) is 12.5. The summed E-state index contributed by atoms with van der Waals surface area (Å²) in [6.07, 6.45) is 3.08. The molecule has 6 heteroatoms. The Hall–Kier alpha value is -2.14. The molecule has 1 aliphatic rings. The predicted octanol–water partition coefficient (Wildman–Crippen LogP) is 3.97. The minimum absolute atomic E-state index is 0.00259. The number of hydrogen-bond acceptors (Lipinski definition) is 4. The summed E-state index contributed by atoms with van der Waals surface area (Å²) in [7, 11) is 0. The van der Waals surface area contributed by atoms with E-state index >= 15 is 0 Å². The van der Waals surface area contributed by atoms with E-state index in [-0.39, 0.29) is 5.91 Å². The summed E-state index contributed by atoms with van der Waals surface area (Å²) in [5.41, 5.74) is 2.45. The molecule has 0 aliphatic carbocycles. The van der Waals surface area contributed by atoms with E-state index in [4.69, 9.17) is 11.6 Å². The summed E-state index contributed by atoms with van der Waals surface area (Å²) in [6, 6.07) is 9.56. The van der Waals surface area contributed by atoms with Crippen molar-refractivity contribution >= 4 is 23.5 Å². The van der Waals surface area contributed by atoms with E-state index < -0.39 is 0 Å². The fourth-order valence-corrected chi connectivity index (χ4v) is 3.39. The van der Waals surface area contributed by atoms with E-state index in [0.29, 0.717) is 24.1 Å². The van der Waals surface area contributed by atoms with Gasteiger partial charge in [-0.1, -0.05) is 30.7 Å². The number of amides is 1. The van der Waals surface area contributed by atoms with E-state index in [2.05, 4.69) is 22.2 Å². The van der Waals surface area contributed by atoms with Crippen molar-refractivity contribution in [1.82, 2.24) is 14.9 Å². The summed E-state index contributed by atoms with van der Waals surface area (Å²) >= 11 is 5.91. The lowest BCUT2D eigenvalue weighted by molar-refractivity contribution is 0.0677. The zero-order valence-electron chi connectivity index (χ0n) is 15.3. The van der Waals surface area contributed by atoms with Crippen molar-refractivity contribution in [3.8, 4) is 0 Å². The first kappa shape index (κ1) is 18.6. The number of nitrogens with one attached hydrogen (secondary N) is 1. The van der Waals surface area contributed by atoms with Crippen molar-refractivity contribution in [2.45, 2.75) is 33.1 Å². The largest absolute Gasteiger partial charge is 0.354 e. The number of rotatable bonds is 5. The zero-order valence-corrected chi connectivity index (χ0v) is 16.1. The normalized spacial score (nSPS) is 17.2. The standard InChI is InChI=1S/C20H25ClN4O/c1-14-4-3-11-25(13-14)19(26)18-12-15(2)23-20(24-18)22-10-9-16-5-7-17(21)8-6-16/h5-8,12,14H,3-4,9-11,13H2,1-2H3,(H,22,23,24). The molecule has 1 aromatic heterocycles. The smallest absolute Gasteiger partial charge is 0.272 e. The molecule has 3 rings (SSSR count). The average Bonchev–Trinajstić information content (AvgIpc) is 2.62. The fraction of sp³-hybridized carbons (Fsp3) is 0.450. The first-order valence-electron chi connectivity index (χ1n) is 9.14. The number of hydrogen-bond donors (Lipinski definition) is 1. The van der Waals surface area contributed by atoms with Crippen LogP contribution in [0.2, 0.25) is 5.02 Å². The van der Waals surface area contributed by atoms with Crippen LogP contribution >= 0.6 is 11.6 Å². The number of benzene rings is 1. The maximum absolute atomic E-state index is 12.8. The second kappa shape index (κ2) is 8.49. The van der Waals surface area contributed by atoms with Crippen LogP contribution in [-0.4, -0.2) is 40.4 Å². The van der Waals surface area contributed by atoms with Gasteiger partial charge in [-0.15, -0.1) is 0 Å². The third-order valence-electron chi connectivity index (χ3n) is 4.63. The second-order valence-electron chi connectivity index (χ2n) is 7.02. The fourth-order valence-electron chi connectivity index (χ4n) is 3.26. The third-order valence-corrected chi connectivity index (χ3v) is 4.88. The van der Waals surface area contributed by atoms with Crippen LogP contribution in [0.3, 0.4) is 0 Å². The molecule has 2 aromatic rings. The van der Waals surface area contributed by atoms with Gasteiger partial charge in [0, 0.05) is 30.4 Å². The van der Waals surface area contributed by atoms with Gasteiger partial charge in [-0.05, 0) is 55.9 Å². The van der Waals surface area contributed by atoms with Gasteiger partial charge in [0.1, 0.15) is 5.69 Å². The van der Waals surface area contributed by atoms with Gasteiger partial charge >= 0.3 is 0 Å². The van der Waals surface area contributed by atoms with Gasteiger partial charge in [0.15, 0.2) is 0 Å². The number of nitrogens with zero attached hydrogens (tertiary/aromatic N) is 3. The number of likely N-dealkylation sites (tertiary alicyclic amines) is 1. The maximum Gasteiger partial charge on any atom is 0.272 e. The van der Waals surface area contributed by atoms with Crippen LogP contribution < -0.4 is 5.32 Å². The number of anilines is 1. The molecular weight excluding hydrogens is 348 g/mol. The molecule has 1 unspecified atom stereocenters. The topological polar surface area (TPSA) is 58.1 Å². The third kappa shape index (κ3) is 4.94. The molecule has 0 bridgehead atoms. The molecule has 1 N–H and O–H groups in total. The maximum atomic E-state index is 12.8. The molecule has 1 fully saturated rings. The van der Waals surface area contributed by atoms with Crippen LogP contribution in [-0.2, 0) is 6.42 Å². The number of carbonyl (C=O) groups excluding carboxylic acids is 1. The van der Waals surface area contributed by atoms with Crippen LogP contribution in [0, 0.1) is 12.8 Å². The van der Waals surface area contributed by atoms with Crippen LogP contribution in [0.4, 0.5) is 5.95 Å². The number of aromatic nitrogens is 2. The van der Waals surface area contributed by atoms with Gasteiger partial charge in [-0.3, -0.25) is 4.79 Å². The van der Waals surface area contributed by atoms with Crippen molar-refractivity contribution in [2.24, 2.45) is 5.92 Å². The monoisotopic (exact) mass is 372 g/mol. The van der Waals surface area contributed by atoms with Gasteiger partial charge < -0.3 is 10.2 Å². The number of halogens is 1. The molecule has 26 heavy (non-hydrogen) atoms. The van der Waals surface area contributed by atoms with Crippen LogP contribution in [0.25, 0.3) is 0 Å². The van der Waals surface area contributed by atoms with Crippen molar-refractivity contribution in [2.75, 3.05) is 25.0 Å². The summed E-state index contributed by atoms with van der Waals surface area (Å²) in [5.74, 6) is 1.06. The van der Waals surface area contributed by atoms with E-state index in [1.165, 1.54) is 12.0 Å². The Labute approximate surface area is 159 Å². The van der Waals surface area contributed by atoms with E-state index in [0.717, 1.165) is 36.6 Å². The summed E-state index contributed by atoms with van der Waals surface area (Å²) in [5, 5.41) is 3.96. The lowest BCUT2D eigenvalue weighted by atomic mass is 10.00. The molecule has 0 radical (unpaired) electrons. The molecule has 1 atom stereocenters. The quantitative estimate of drug-likeness (QED) is 0.862. The molecule has 138 valence electrons. The number of aryl methyl sites for hydroxylation is 1. The van der Waals surface area contributed by atoms with Gasteiger partial charge in [-0.2, -0.15) is 0 Å². The molecule has 2 heterocycles. The Morgan fingerprint density at radius 1 is 1.31 bits per heavy atom. The van der Waals surface area contributed by atoms with Crippen LogP contribution in [0.1, 0.15) is 41.5 Å². The van der Waals surface area contributed by atoms with Crippen molar-refractivity contribution in [3.63, 3.8) is 0 Å². The summed E-state index contributed by atoms with van der Waals surface area (Å²) in [4.78, 5) is 23.5. The minimum atomic E-state index is 0.00259. The Morgan fingerprint density at radius 2 is 2.08 bits per heavy atom.